The summed E-state index contributed by atoms with van der Waals surface area (Å²) in [7, 11) is -4.64. The zero-order valence-electron chi connectivity index (χ0n) is 38.9. The zero-order valence-corrected chi connectivity index (χ0v) is 39.8. The molecule has 10 nitrogen and oxygen atoms in total. The van der Waals surface area contributed by atoms with E-state index in [0.717, 1.165) is 70.6 Å². The molecule has 0 aromatic carbocycles. The van der Waals surface area contributed by atoms with Gasteiger partial charge in [0, 0.05) is 13.0 Å². The smallest absolute Gasteiger partial charge is 0.472 e. The van der Waals surface area contributed by atoms with Crippen LogP contribution in [0.3, 0.4) is 0 Å². The Balaban J connectivity index is 4.30. The molecule has 0 saturated carbocycles. The van der Waals surface area contributed by atoms with Gasteiger partial charge in [-0.15, -0.1) is 0 Å². The average molecular weight is 890 g/mol. The van der Waals surface area contributed by atoms with Crippen LogP contribution in [0.15, 0.2) is 85.1 Å². The molecular weight excluding hydrogens is 802 g/mol. The number of esters is 1. The maximum atomic E-state index is 12.7. The molecule has 0 bridgehead atoms. The third kappa shape index (κ3) is 45.2. The second-order valence-corrected chi connectivity index (χ2v) is 17.3. The van der Waals surface area contributed by atoms with E-state index in [2.05, 4.69) is 98.9 Å². The lowest BCUT2D eigenvalue weighted by atomic mass is 10.1. The summed E-state index contributed by atoms with van der Waals surface area (Å²) in [5, 5.41) is 8.92. The van der Waals surface area contributed by atoms with Crippen molar-refractivity contribution in [1.82, 2.24) is 0 Å². The molecule has 0 aliphatic carbocycles. The third-order valence-electron chi connectivity index (χ3n) is 9.91. The molecule has 0 aliphatic rings. The van der Waals surface area contributed by atoms with Gasteiger partial charge in [-0.2, -0.15) is 0 Å². The van der Waals surface area contributed by atoms with Crippen LogP contribution in [0.1, 0.15) is 187 Å². The zero-order chi connectivity index (χ0) is 45.5. The summed E-state index contributed by atoms with van der Waals surface area (Å²) in [5.74, 6) is -1.83. The Hall–Kier alpha value is -2.85. The molecule has 0 rings (SSSR count). The molecule has 3 unspecified atom stereocenters. The van der Waals surface area contributed by atoms with E-state index >= 15 is 0 Å². The van der Waals surface area contributed by atoms with Crippen LogP contribution >= 0.6 is 7.82 Å². The molecule has 0 aromatic rings. The predicted octanol–water partition coefficient (Wildman–Crippen LogP) is 13.9. The van der Waals surface area contributed by atoms with E-state index in [0.29, 0.717) is 13.0 Å². The fourth-order valence-electron chi connectivity index (χ4n) is 6.19. The van der Waals surface area contributed by atoms with E-state index in [1.165, 1.54) is 89.9 Å². The van der Waals surface area contributed by atoms with Crippen molar-refractivity contribution in [2.45, 2.75) is 199 Å². The molecule has 3 atom stereocenters. The molecule has 356 valence electrons. The second-order valence-electron chi connectivity index (χ2n) is 15.9. The summed E-state index contributed by atoms with van der Waals surface area (Å²) >= 11 is 0. The molecule has 0 saturated heterocycles. The molecular formula is C51H88NO9P. The minimum Gasteiger partial charge on any atom is -0.480 e. The normalized spacial score (nSPS) is 14.5. The van der Waals surface area contributed by atoms with Gasteiger partial charge in [0.05, 0.1) is 19.8 Å². The fourth-order valence-corrected chi connectivity index (χ4v) is 6.97. The van der Waals surface area contributed by atoms with Crippen LogP contribution in [-0.2, 0) is 32.7 Å². The number of ether oxygens (including phenoxy) is 2. The monoisotopic (exact) mass is 890 g/mol. The van der Waals surface area contributed by atoms with Crippen molar-refractivity contribution < 1.29 is 42.7 Å². The maximum Gasteiger partial charge on any atom is 0.472 e. The van der Waals surface area contributed by atoms with E-state index in [9.17, 15) is 19.0 Å². The average Bonchev–Trinajstić information content (AvgIpc) is 3.25. The quantitative estimate of drug-likeness (QED) is 0.0233. The number of carbonyl (C=O) groups is 2. The summed E-state index contributed by atoms with van der Waals surface area (Å²) < 4.78 is 33.4. The van der Waals surface area contributed by atoms with Crippen LogP contribution in [-0.4, -0.2) is 60.5 Å². The predicted molar refractivity (Wildman–Crippen MR) is 258 cm³/mol. The van der Waals surface area contributed by atoms with Gasteiger partial charge in [0.25, 0.3) is 0 Å². The van der Waals surface area contributed by atoms with E-state index in [1.807, 2.05) is 0 Å². The molecule has 11 heteroatoms. The van der Waals surface area contributed by atoms with Crippen molar-refractivity contribution in [3.8, 4) is 0 Å². The Kier molecular flexibility index (Phi) is 44.0. The Morgan fingerprint density at radius 3 is 1.42 bits per heavy atom. The Morgan fingerprint density at radius 2 is 0.935 bits per heavy atom. The number of carboxylic acid groups (broad SMARTS) is 1. The van der Waals surface area contributed by atoms with E-state index < -0.39 is 45.1 Å². The van der Waals surface area contributed by atoms with Gasteiger partial charge in [-0.3, -0.25) is 18.6 Å². The number of hydrogen-bond acceptors (Lipinski definition) is 8. The number of hydrogen-bond donors (Lipinski definition) is 3. The summed E-state index contributed by atoms with van der Waals surface area (Å²) in [6, 6.07) is -1.49. The van der Waals surface area contributed by atoms with Crippen LogP contribution in [0.2, 0.25) is 0 Å². The minimum absolute atomic E-state index is 0.00753. The number of aliphatic carboxylic acids is 1. The molecule has 0 radical (unpaired) electrons. The molecule has 62 heavy (non-hydrogen) atoms. The SMILES string of the molecule is CC/C=C\C/C=C\C/C=C\C/C=C\C/C=C\C/C=C\CCCCC(=O)OC(COCCCCCCCCCC/C=C\CCCCCCCCC)COP(=O)(O)OCC(N)C(=O)O. The van der Waals surface area contributed by atoms with Crippen molar-refractivity contribution >= 4 is 19.8 Å². The Bertz CT molecular complexity index is 1310. The van der Waals surface area contributed by atoms with Crippen LogP contribution in [0.4, 0.5) is 0 Å². The van der Waals surface area contributed by atoms with Crippen LogP contribution in [0.5, 0.6) is 0 Å². The Morgan fingerprint density at radius 1 is 0.532 bits per heavy atom. The van der Waals surface area contributed by atoms with Crippen molar-refractivity contribution in [3.05, 3.63) is 85.1 Å². The van der Waals surface area contributed by atoms with Crippen LogP contribution in [0, 0.1) is 0 Å². The highest BCUT2D eigenvalue weighted by atomic mass is 31.2. The summed E-state index contributed by atoms with van der Waals surface area (Å²) in [6.45, 7) is 3.70. The van der Waals surface area contributed by atoms with Crippen molar-refractivity contribution in [2.75, 3.05) is 26.4 Å². The number of rotatable bonds is 45. The van der Waals surface area contributed by atoms with Crippen molar-refractivity contribution in [1.29, 1.82) is 0 Å². The molecule has 0 aromatic heterocycles. The summed E-state index contributed by atoms with van der Waals surface area (Å²) in [5.41, 5.74) is 5.36. The van der Waals surface area contributed by atoms with Gasteiger partial charge < -0.3 is 25.2 Å². The van der Waals surface area contributed by atoms with E-state index in [4.69, 9.17) is 29.4 Å². The van der Waals surface area contributed by atoms with Gasteiger partial charge >= 0.3 is 19.8 Å². The summed E-state index contributed by atoms with van der Waals surface area (Å²) in [4.78, 5) is 33.6. The highest BCUT2D eigenvalue weighted by Gasteiger charge is 2.27. The second kappa shape index (κ2) is 46.2. The number of unbranched alkanes of at least 4 members (excludes halogenated alkanes) is 17. The molecule has 0 aliphatic heterocycles. The van der Waals surface area contributed by atoms with Crippen LogP contribution in [0.25, 0.3) is 0 Å². The lowest BCUT2D eigenvalue weighted by Gasteiger charge is -2.20. The van der Waals surface area contributed by atoms with Crippen molar-refractivity contribution in [2.24, 2.45) is 5.73 Å². The van der Waals surface area contributed by atoms with Gasteiger partial charge in [-0.05, 0) is 89.9 Å². The molecule has 0 fully saturated rings. The lowest BCUT2D eigenvalue weighted by molar-refractivity contribution is -0.154. The van der Waals surface area contributed by atoms with Gasteiger partial charge in [0.2, 0.25) is 0 Å². The number of carboxylic acids is 1. The minimum atomic E-state index is -4.64. The van der Waals surface area contributed by atoms with Crippen molar-refractivity contribution in [3.63, 3.8) is 0 Å². The first-order valence-corrected chi connectivity index (χ1v) is 25.6. The topological polar surface area (TPSA) is 155 Å². The number of phosphoric ester groups is 1. The van der Waals surface area contributed by atoms with Gasteiger partial charge in [0.15, 0.2) is 0 Å². The number of nitrogens with two attached hydrogens (primary N) is 1. The number of carbonyl (C=O) groups excluding carboxylic acids is 1. The van der Waals surface area contributed by atoms with Gasteiger partial charge in [-0.1, -0.05) is 176 Å². The first kappa shape index (κ1) is 59.1. The first-order chi connectivity index (χ1) is 30.2. The first-order valence-electron chi connectivity index (χ1n) is 24.1. The Labute approximate surface area is 377 Å². The maximum absolute atomic E-state index is 12.7. The number of allylic oxidation sites excluding steroid dienone is 14. The molecule has 4 N–H and O–H groups in total. The fraction of sp³-hybridized carbons (Fsp3) is 0.686. The molecule has 0 spiro atoms. The standard InChI is InChI=1S/C51H88NO9P/c1-3-5-7-9-11-13-15-17-19-21-23-24-25-27-29-31-33-35-37-39-41-43-50(53)61-48(46-59-62(56,57)60-47-49(52)51(54)55)45-58-44-42-40-38-36-34-32-30-28-26-22-20-18-16-14-12-10-8-6-4-2/h5,7,11,13,17,19-20,22-24,27,29,33,35,48-49H,3-4,6,8-10,12,14-16,18,21,25-26,28,30-32,34,36-47,52H2,1-2H3,(H,54,55)(H,56,57)/b7-5-,13-11-,19-17-,22-20-,24-23-,29-27-,35-33-. The highest BCUT2D eigenvalue weighted by Crippen LogP contribution is 2.43. The lowest BCUT2D eigenvalue weighted by Crippen LogP contribution is -2.34. The van der Waals surface area contributed by atoms with Crippen LogP contribution < -0.4 is 5.73 Å². The largest absolute Gasteiger partial charge is 0.480 e. The third-order valence-corrected chi connectivity index (χ3v) is 10.9. The summed E-state index contributed by atoms with van der Waals surface area (Å²) in [6.07, 6.45) is 59.2. The number of phosphoric acid groups is 1. The van der Waals surface area contributed by atoms with Gasteiger partial charge in [0.1, 0.15) is 12.1 Å². The molecule has 0 amide bonds. The van der Waals surface area contributed by atoms with E-state index in [1.54, 1.807) is 0 Å². The highest BCUT2D eigenvalue weighted by molar-refractivity contribution is 7.47. The molecule has 0 heterocycles. The van der Waals surface area contributed by atoms with Gasteiger partial charge in [-0.25, -0.2) is 4.57 Å². The van der Waals surface area contributed by atoms with E-state index in [-0.39, 0.29) is 13.0 Å².